The number of nitrogens with one attached hydrogen (secondary N) is 3. The molecular weight excluding hydrogens is 464 g/mol. The zero-order valence-electron chi connectivity index (χ0n) is 21.6. The van der Waals surface area contributed by atoms with Gasteiger partial charge in [0.05, 0.1) is 29.1 Å². The van der Waals surface area contributed by atoms with Gasteiger partial charge < -0.3 is 25.6 Å². The molecule has 3 N–H and O–H groups in total. The molecule has 0 atom stereocenters. The molecule has 1 aliphatic heterocycles. The smallest absolute Gasteiger partial charge is 0.338 e. The van der Waals surface area contributed by atoms with Crippen molar-refractivity contribution in [3.63, 3.8) is 0 Å². The molecule has 0 unspecified atom stereocenters. The number of ether oxygens (including phenoxy) is 1. The van der Waals surface area contributed by atoms with E-state index in [1.54, 1.807) is 25.1 Å². The van der Waals surface area contributed by atoms with Crippen molar-refractivity contribution in [2.45, 2.75) is 19.9 Å². The van der Waals surface area contributed by atoms with E-state index in [2.05, 4.69) is 47.1 Å². The number of carbonyl (C=O) groups is 2. The molecule has 7 nitrogen and oxygen atoms in total. The molecule has 7 heteroatoms. The third kappa shape index (κ3) is 6.64. The summed E-state index contributed by atoms with van der Waals surface area (Å²) >= 11 is 0. The Morgan fingerprint density at radius 3 is 2.43 bits per heavy atom. The summed E-state index contributed by atoms with van der Waals surface area (Å²) in [5, 5.41) is 9.88. The number of nitrogens with zero attached hydrogens (tertiary/aromatic N) is 1. The van der Waals surface area contributed by atoms with Crippen LogP contribution in [0.2, 0.25) is 0 Å². The highest BCUT2D eigenvalue weighted by molar-refractivity contribution is 6.37. The molecular formula is C30H34N4O3. The van der Waals surface area contributed by atoms with E-state index in [1.165, 1.54) is 5.56 Å². The number of hydrogen-bond donors (Lipinski definition) is 3. The van der Waals surface area contributed by atoms with Crippen molar-refractivity contribution in [2.75, 3.05) is 44.4 Å². The Morgan fingerprint density at radius 1 is 0.973 bits per heavy atom. The summed E-state index contributed by atoms with van der Waals surface area (Å²) in [4.78, 5) is 27.5. The number of carbonyl (C=O) groups excluding carboxylic acids is 2. The van der Waals surface area contributed by atoms with Gasteiger partial charge in [-0.25, -0.2) is 4.79 Å². The van der Waals surface area contributed by atoms with E-state index in [9.17, 15) is 9.59 Å². The van der Waals surface area contributed by atoms with Crippen LogP contribution in [0.3, 0.4) is 0 Å². The highest BCUT2D eigenvalue weighted by atomic mass is 16.5. The molecule has 37 heavy (non-hydrogen) atoms. The molecule has 0 aliphatic carbocycles. The number of esters is 1. The highest BCUT2D eigenvalue weighted by Crippen LogP contribution is 2.38. The van der Waals surface area contributed by atoms with Gasteiger partial charge in [0, 0.05) is 17.8 Å². The van der Waals surface area contributed by atoms with Crippen molar-refractivity contribution >= 4 is 34.5 Å². The van der Waals surface area contributed by atoms with E-state index in [-0.39, 0.29) is 5.91 Å². The van der Waals surface area contributed by atoms with Crippen LogP contribution in [0.1, 0.15) is 40.4 Å². The van der Waals surface area contributed by atoms with Crippen LogP contribution in [0.5, 0.6) is 0 Å². The molecule has 0 spiro atoms. The molecule has 0 saturated heterocycles. The largest absolute Gasteiger partial charge is 0.462 e. The quantitative estimate of drug-likeness (QED) is 0.199. The maximum atomic E-state index is 13.2. The van der Waals surface area contributed by atoms with E-state index in [4.69, 9.17) is 4.74 Å². The standard InChI is InChI=1S/C30H34N4O3/c1-4-37-30(36)23-13-16-25-26(19-23)33-29(35)27(25)28(22-9-6-5-7-10-22)32-24-14-11-21(12-15-24)20-31-17-8-18-34(2)3/h5-7,9-16,19,31-32H,4,8,17-18,20H2,1-3H3,(H,33,35)/b28-27-. The van der Waals surface area contributed by atoms with Gasteiger partial charge in [0.1, 0.15) is 0 Å². The van der Waals surface area contributed by atoms with Gasteiger partial charge in [0.25, 0.3) is 5.91 Å². The number of fused-ring (bicyclic) bond motifs is 1. The molecule has 0 bridgehead atoms. The first kappa shape index (κ1) is 26.1. The zero-order chi connectivity index (χ0) is 26.2. The highest BCUT2D eigenvalue weighted by Gasteiger charge is 2.29. The molecule has 4 rings (SSSR count). The van der Waals surface area contributed by atoms with Gasteiger partial charge >= 0.3 is 5.97 Å². The number of amides is 1. The molecule has 1 heterocycles. The van der Waals surface area contributed by atoms with Crippen molar-refractivity contribution in [3.05, 3.63) is 95.1 Å². The summed E-state index contributed by atoms with van der Waals surface area (Å²) in [6, 6.07) is 23.2. The number of anilines is 2. The molecule has 0 radical (unpaired) electrons. The van der Waals surface area contributed by atoms with Crippen LogP contribution in [0.4, 0.5) is 11.4 Å². The van der Waals surface area contributed by atoms with E-state index >= 15 is 0 Å². The number of rotatable bonds is 11. The Hall–Kier alpha value is -3.94. The lowest BCUT2D eigenvalue weighted by Crippen LogP contribution is -2.20. The van der Waals surface area contributed by atoms with Crippen molar-refractivity contribution in [1.82, 2.24) is 10.2 Å². The first-order valence-corrected chi connectivity index (χ1v) is 12.6. The van der Waals surface area contributed by atoms with Gasteiger partial charge in [0.15, 0.2) is 0 Å². The van der Waals surface area contributed by atoms with Crippen LogP contribution in [-0.4, -0.2) is 50.6 Å². The van der Waals surface area contributed by atoms with Gasteiger partial charge in [-0.1, -0.05) is 48.5 Å². The van der Waals surface area contributed by atoms with Gasteiger partial charge in [-0.05, 0) is 75.9 Å². The van der Waals surface area contributed by atoms with Gasteiger partial charge in [-0.3, -0.25) is 4.79 Å². The van der Waals surface area contributed by atoms with E-state index in [0.29, 0.717) is 29.1 Å². The molecule has 0 saturated carbocycles. The summed E-state index contributed by atoms with van der Waals surface area (Å²) in [5.41, 5.74) is 5.94. The van der Waals surface area contributed by atoms with Gasteiger partial charge in [0.2, 0.25) is 0 Å². The number of hydrogen-bond acceptors (Lipinski definition) is 6. The Labute approximate surface area is 218 Å². The fourth-order valence-electron chi connectivity index (χ4n) is 4.25. The first-order chi connectivity index (χ1) is 18.0. The monoisotopic (exact) mass is 498 g/mol. The predicted octanol–water partition coefficient (Wildman–Crippen LogP) is 4.84. The summed E-state index contributed by atoms with van der Waals surface area (Å²) < 4.78 is 5.11. The summed E-state index contributed by atoms with van der Waals surface area (Å²) in [6.45, 7) is 4.89. The van der Waals surface area contributed by atoms with Gasteiger partial charge in [-0.2, -0.15) is 0 Å². The molecule has 0 aromatic heterocycles. The maximum absolute atomic E-state index is 13.2. The SMILES string of the molecule is CCOC(=O)c1ccc2c(c1)NC(=O)/C2=C(\Nc1ccc(CNCCCN(C)C)cc1)c1ccccc1. The first-order valence-electron chi connectivity index (χ1n) is 12.6. The van der Waals surface area contributed by atoms with Crippen LogP contribution in [0, 0.1) is 0 Å². The minimum absolute atomic E-state index is 0.221. The Balaban J connectivity index is 1.58. The fourth-order valence-corrected chi connectivity index (χ4v) is 4.25. The Morgan fingerprint density at radius 2 is 1.73 bits per heavy atom. The molecule has 3 aromatic carbocycles. The molecule has 1 amide bonds. The molecule has 0 fully saturated rings. The van der Waals surface area contributed by atoms with Gasteiger partial charge in [-0.15, -0.1) is 0 Å². The summed E-state index contributed by atoms with van der Waals surface area (Å²) in [7, 11) is 4.17. The van der Waals surface area contributed by atoms with E-state index < -0.39 is 5.97 Å². The van der Waals surface area contributed by atoms with Crippen molar-refractivity contribution in [3.8, 4) is 0 Å². The fraction of sp³-hybridized carbons (Fsp3) is 0.267. The normalized spacial score (nSPS) is 13.8. The van der Waals surface area contributed by atoms with E-state index in [0.717, 1.165) is 42.9 Å². The minimum atomic E-state index is -0.411. The summed E-state index contributed by atoms with van der Waals surface area (Å²) in [6.07, 6.45) is 1.10. The average molecular weight is 499 g/mol. The van der Waals surface area contributed by atoms with Crippen LogP contribution in [0.15, 0.2) is 72.8 Å². The third-order valence-corrected chi connectivity index (χ3v) is 6.10. The Kier molecular flexibility index (Phi) is 8.72. The lowest BCUT2D eigenvalue weighted by Gasteiger charge is -2.15. The average Bonchev–Trinajstić information content (AvgIpc) is 3.23. The van der Waals surface area contributed by atoms with Crippen LogP contribution in [-0.2, 0) is 16.1 Å². The van der Waals surface area contributed by atoms with Crippen LogP contribution >= 0.6 is 0 Å². The minimum Gasteiger partial charge on any atom is -0.462 e. The van der Waals surface area contributed by atoms with Crippen molar-refractivity contribution < 1.29 is 14.3 Å². The van der Waals surface area contributed by atoms with Crippen LogP contribution < -0.4 is 16.0 Å². The van der Waals surface area contributed by atoms with Crippen molar-refractivity contribution in [2.24, 2.45) is 0 Å². The second-order valence-electron chi connectivity index (χ2n) is 9.21. The third-order valence-electron chi connectivity index (χ3n) is 6.10. The zero-order valence-corrected chi connectivity index (χ0v) is 21.6. The molecule has 192 valence electrons. The number of benzene rings is 3. The topological polar surface area (TPSA) is 82.7 Å². The second kappa shape index (κ2) is 12.3. The maximum Gasteiger partial charge on any atom is 0.338 e. The van der Waals surface area contributed by atoms with Crippen LogP contribution in [0.25, 0.3) is 11.3 Å². The second-order valence-corrected chi connectivity index (χ2v) is 9.21. The molecule has 3 aromatic rings. The lowest BCUT2D eigenvalue weighted by molar-refractivity contribution is -0.110. The van der Waals surface area contributed by atoms with E-state index in [1.807, 2.05) is 42.5 Å². The molecule has 1 aliphatic rings. The summed E-state index contributed by atoms with van der Waals surface area (Å²) in [5.74, 6) is -0.633. The lowest BCUT2D eigenvalue weighted by atomic mass is 9.99. The van der Waals surface area contributed by atoms with Crippen molar-refractivity contribution in [1.29, 1.82) is 0 Å². The Bertz CT molecular complexity index is 1270. The predicted molar refractivity (Wildman–Crippen MR) is 149 cm³/mol.